The lowest BCUT2D eigenvalue weighted by atomic mass is 10.2. The summed E-state index contributed by atoms with van der Waals surface area (Å²) in [7, 11) is -3.86. The normalized spacial score (nSPS) is 16.6. The van der Waals surface area contributed by atoms with Gasteiger partial charge in [0.15, 0.2) is 0 Å². The number of amides is 1. The van der Waals surface area contributed by atoms with Gasteiger partial charge in [0.05, 0.1) is 10.5 Å². The summed E-state index contributed by atoms with van der Waals surface area (Å²) in [6.07, 6.45) is -3.48. The van der Waals surface area contributed by atoms with Gasteiger partial charge in [-0.05, 0) is 79.1 Å². The fraction of sp³-hybridized carbons (Fsp3) is 0.240. The van der Waals surface area contributed by atoms with E-state index in [1.165, 1.54) is 40.7 Å². The highest BCUT2D eigenvalue weighted by molar-refractivity contribution is 7.89. The summed E-state index contributed by atoms with van der Waals surface area (Å²) in [5.41, 5.74) is -0.0942. The van der Waals surface area contributed by atoms with E-state index in [0.29, 0.717) is 29.2 Å². The highest BCUT2D eigenvalue weighted by Crippen LogP contribution is 2.32. The predicted octanol–water partition coefficient (Wildman–Crippen LogP) is 5.62. The van der Waals surface area contributed by atoms with E-state index in [1.54, 1.807) is 24.3 Å². The molecular weight excluding hydrogens is 517 g/mol. The third-order valence-electron chi connectivity index (χ3n) is 5.71. The van der Waals surface area contributed by atoms with Gasteiger partial charge in [0.2, 0.25) is 15.9 Å². The van der Waals surface area contributed by atoms with Gasteiger partial charge >= 0.3 is 6.18 Å². The third-order valence-corrected chi connectivity index (χ3v) is 7.88. The first-order valence-electron chi connectivity index (χ1n) is 11.0. The Labute approximate surface area is 211 Å². The number of carbonyl (C=O) groups is 1. The molecule has 36 heavy (non-hydrogen) atoms. The molecule has 1 saturated heterocycles. The number of ether oxygens (including phenoxy) is 1. The van der Waals surface area contributed by atoms with Crippen LogP contribution < -0.4 is 10.1 Å². The van der Waals surface area contributed by atoms with Crippen LogP contribution in [-0.4, -0.2) is 31.2 Å². The summed E-state index contributed by atoms with van der Waals surface area (Å²) in [5.74, 6) is 0.201. The van der Waals surface area contributed by atoms with Crippen molar-refractivity contribution in [1.29, 1.82) is 0 Å². The first kappa shape index (κ1) is 26.0. The summed E-state index contributed by atoms with van der Waals surface area (Å²) in [6, 6.07) is 16.0. The maximum atomic E-state index is 13.1. The number of hydrogen-bond acceptors (Lipinski definition) is 4. The van der Waals surface area contributed by atoms with Gasteiger partial charge in [-0.3, -0.25) is 4.79 Å². The van der Waals surface area contributed by atoms with Gasteiger partial charge in [0.1, 0.15) is 17.5 Å². The molecule has 0 spiro atoms. The lowest BCUT2D eigenvalue weighted by Gasteiger charge is -2.23. The minimum Gasteiger partial charge on any atom is -0.457 e. The summed E-state index contributed by atoms with van der Waals surface area (Å²) >= 11 is 5.86. The van der Waals surface area contributed by atoms with Crippen LogP contribution in [0.2, 0.25) is 5.02 Å². The lowest BCUT2D eigenvalue weighted by molar-refractivity contribution is -0.137. The van der Waals surface area contributed by atoms with Crippen molar-refractivity contribution in [2.75, 3.05) is 6.54 Å². The molecule has 1 fully saturated rings. The van der Waals surface area contributed by atoms with Gasteiger partial charge in [0, 0.05) is 18.1 Å². The molecule has 0 aromatic heterocycles. The molecule has 4 rings (SSSR count). The van der Waals surface area contributed by atoms with Crippen molar-refractivity contribution in [2.45, 2.75) is 36.5 Å². The fourth-order valence-corrected chi connectivity index (χ4v) is 5.69. The van der Waals surface area contributed by atoms with Gasteiger partial charge in [-0.15, -0.1) is 0 Å². The molecule has 3 aromatic rings. The molecule has 1 amide bonds. The molecule has 3 aromatic carbocycles. The van der Waals surface area contributed by atoms with Crippen molar-refractivity contribution in [3.05, 3.63) is 88.9 Å². The molecule has 1 aliphatic heterocycles. The predicted molar refractivity (Wildman–Crippen MR) is 128 cm³/mol. The van der Waals surface area contributed by atoms with Crippen LogP contribution in [0.3, 0.4) is 0 Å². The second kappa shape index (κ2) is 10.5. The van der Waals surface area contributed by atoms with E-state index in [-0.39, 0.29) is 23.7 Å². The fourth-order valence-electron chi connectivity index (χ4n) is 3.91. The van der Waals surface area contributed by atoms with E-state index >= 15 is 0 Å². The van der Waals surface area contributed by atoms with Crippen LogP contribution in [-0.2, 0) is 27.5 Å². The molecule has 1 N–H and O–H groups in total. The Balaban J connectivity index is 1.39. The number of alkyl halides is 3. The quantitative estimate of drug-likeness (QED) is 0.423. The maximum absolute atomic E-state index is 13.1. The van der Waals surface area contributed by atoms with Gasteiger partial charge < -0.3 is 10.1 Å². The van der Waals surface area contributed by atoms with Crippen LogP contribution in [0.25, 0.3) is 0 Å². The Bertz CT molecular complexity index is 1330. The van der Waals surface area contributed by atoms with Crippen LogP contribution in [0.4, 0.5) is 13.2 Å². The topological polar surface area (TPSA) is 75.7 Å². The molecule has 0 radical (unpaired) electrons. The smallest absolute Gasteiger partial charge is 0.416 e. The Hall–Kier alpha value is -3.08. The van der Waals surface area contributed by atoms with Gasteiger partial charge in [-0.2, -0.15) is 17.5 Å². The zero-order valence-corrected chi connectivity index (χ0v) is 20.4. The number of hydrogen-bond donors (Lipinski definition) is 1. The van der Waals surface area contributed by atoms with Crippen molar-refractivity contribution in [3.8, 4) is 11.5 Å². The molecule has 0 saturated carbocycles. The van der Waals surface area contributed by atoms with Gasteiger partial charge in [-0.1, -0.05) is 23.7 Å². The molecule has 0 bridgehead atoms. The van der Waals surface area contributed by atoms with Gasteiger partial charge in [0.25, 0.3) is 0 Å². The summed E-state index contributed by atoms with van der Waals surface area (Å²) in [5, 5.41) is 3.18. The number of rotatable bonds is 7. The van der Waals surface area contributed by atoms with Crippen LogP contribution in [0.1, 0.15) is 24.0 Å². The first-order chi connectivity index (χ1) is 17.0. The van der Waals surface area contributed by atoms with E-state index in [2.05, 4.69) is 5.32 Å². The van der Waals surface area contributed by atoms with Crippen molar-refractivity contribution in [1.82, 2.24) is 9.62 Å². The van der Waals surface area contributed by atoms with E-state index in [1.807, 2.05) is 0 Å². The average Bonchev–Trinajstić information content (AvgIpc) is 3.34. The highest BCUT2D eigenvalue weighted by atomic mass is 35.5. The maximum Gasteiger partial charge on any atom is 0.416 e. The standard InChI is InChI=1S/C25H22ClF3N2O4S/c26-19-8-12-22(13-9-19)36(33,34)31-14-2-5-23(31)24(32)30-16-17-3-1-4-21(15-17)35-20-10-6-18(7-11-20)25(27,28)29/h1,3-4,6-13,15,23H,2,5,14,16H2,(H,30,32)/t23-/m0/s1. The average molecular weight is 539 g/mol. The first-order valence-corrected chi connectivity index (χ1v) is 12.8. The SMILES string of the molecule is O=C(NCc1cccc(Oc2ccc(C(F)(F)F)cc2)c1)[C@@H]1CCCN1S(=O)(=O)c1ccc(Cl)cc1. The monoisotopic (exact) mass is 538 g/mol. The minimum atomic E-state index is -4.43. The number of sulfonamides is 1. The number of benzene rings is 3. The molecule has 0 aliphatic carbocycles. The summed E-state index contributed by atoms with van der Waals surface area (Å²) < 4.78 is 71.2. The number of nitrogens with zero attached hydrogens (tertiary/aromatic N) is 1. The van der Waals surface area contributed by atoms with E-state index in [4.69, 9.17) is 16.3 Å². The van der Waals surface area contributed by atoms with E-state index in [9.17, 15) is 26.4 Å². The largest absolute Gasteiger partial charge is 0.457 e. The molecule has 11 heteroatoms. The Morgan fingerprint density at radius 3 is 2.39 bits per heavy atom. The highest BCUT2D eigenvalue weighted by Gasteiger charge is 2.39. The number of nitrogens with one attached hydrogen (secondary N) is 1. The second-order valence-electron chi connectivity index (χ2n) is 8.22. The van der Waals surface area contributed by atoms with E-state index in [0.717, 1.165) is 12.1 Å². The van der Waals surface area contributed by atoms with Crippen LogP contribution in [0.15, 0.2) is 77.7 Å². The molecule has 0 unspecified atom stereocenters. The van der Waals surface area contributed by atoms with Crippen molar-refractivity contribution in [3.63, 3.8) is 0 Å². The Kier molecular flexibility index (Phi) is 7.58. The molecular formula is C25H22ClF3N2O4S. The number of halogens is 4. The zero-order valence-electron chi connectivity index (χ0n) is 18.8. The van der Waals surface area contributed by atoms with Crippen LogP contribution in [0, 0.1) is 0 Å². The molecule has 1 aliphatic rings. The Morgan fingerprint density at radius 1 is 1.03 bits per heavy atom. The molecule has 190 valence electrons. The van der Waals surface area contributed by atoms with Crippen molar-refractivity contribution in [2.24, 2.45) is 0 Å². The molecule has 6 nitrogen and oxygen atoms in total. The molecule has 1 atom stereocenters. The second-order valence-corrected chi connectivity index (χ2v) is 10.5. The summed E-state index contributed by atoms with van der Waals surface area (Å²) in [4.78, 5) is 13.0. The Morgan fingerprint density at radius 2 is 1.72 bits per heavy atom. The van der Waals surface area contributed by atoms with E-state index < -0.39 is 33.7 Å². The van der Waals surface area contributed by atoms with Crippen LogP contribution >= 0.6 is 11.6 Å². The molecule has 1 heterocycles. The zero-order chi connectivity index (χ0) is 25.9. The van der Waals surface area contributed by atoms with Crippen molar-refractivity contribution < 1.29 is 31.1 Å². The van der Waals surface area contributed by atoms with Gasteiger partial charge in [-0.25, -0.2) is 8.42 Å². The van der Waals surface area contributed by atoms with Crippen molar-refractivity contribution >= 4 is 27.5 Å². The number of carbonyl (C=O) groups excluding carboxylic acids is 1. The summed E-state index contributed by atoms with van der Waals surface area (Å²) in [6.45, 7) is 0.355. The third kappa shape index (κ3) is 6.00. The van der Waals surface area contributed by atoms with Crippen LogP contribution in [0.5, 0.6) is 11.5 Å². The minimum absolute atomic E-state index is 0.0692. The lowest BCUT2D eigenvalue weighted by Crippen LogP contribution is -2.45.